The van der Waals surface area contributed by atoms with Gasteiger partial charge in [-0.1, -0.05) is 98.8 Å². The molecular weight excluding hydrogens is 1380 g/mol. The van der Waals surface area contributed by atoms with Gasteiger partial charge in [-0.25, -0.2) is 21.8 Å². The zero-order valence-electron chi connectivity index (χ0n) is 54.6. The number of hydrogen-bond acceptors (Lipinski definition) is 36. The number of phenols is 1. The molecule has 0 unspecified atom stereocenters. The Morgan fingerprint density at radius 1 is 0.451 bits per heavy atom. The average molecular weight is 1430 g/mol. The molecule has 0 atom stereocenters. The number of phenolic OH excluding ortho intramolecular Hbond substituents is 1. The van der Waals surface area contributed by atoms with E-state index in [0.717, 1.165) is 48.2 Å². The fraction of sp³-hybridized carbons (Fsp3) is 0.117. The smallest absolute Gasteiger partial charge is 0.744 e. The number of nitrogen functional groups attached to an aromatic ring is 2. The van der Waals surface area contributed by atoms with Gasteiger partial charge in [0.1, 0.15) is 26.0 Å². The third-order valence-corrected chi connectivity index (χ3v) is 14.5. The van der Waals surface area contributed by atoms with Crippen molar-refractivity contribution in [3.63, 3.8) is 0 Å². The van der Waals surface area contributed by atoms with Gasteiger partial charge in [0.25, 0.3) is 0 Å². The van der Waals surface area contributed by atoms with E-state index in [1.807, 2.05) is 80.6 Å². The van der Waals surface area contributed by atoms with Gasteiger partial charge in [-0.3, -0.25) is 9.79 Å². The molecule has 0 radical (unpaired) electrons. The van der Waals surface area contributed by atoms with E-state index >= 15 is 0 Å². The Labute approximate surface area is 622 Å². The number of rotatable bonds is 12. The second kappa shape index (κ2) is 37.6. The molecule has 42 heteroatoms. The summed E-state index contributed by atoms with van der Waals surface area (Å²) in [5.74, 6) is 5.72. The van der Waals surface area contributed by atoms with E-state index in [1.54, 1.807) is 62.8 Å². The van der Waals surface area contributed by atoms with Crippen LogP contribution in [-0.4, -0.2) is 174 Å². The number of aromatic hydroxyl groups is 1. The fourth-order valence-electron chi connectivity index (χ4n) is 7.82. The average Bonchev–Trinajstić information content (AvgIpc) is 0.923. The van der Waals surface area contributed by atoms with Crippen LogP contribution < -0.4 is 76.1 Å². The van der Waals surface area contributed by atoms with Gasteiger partial charge in [0, 0.05) is 83.1 Å². The van der Waals surface area contributed by atoms with E-state index in [2.05, 4.69) is 142 Å². The number of nitrogens with one attached hydrogen (secondary N) is 2. The normalized spacial score (nSPS) is 11.1. The van der Waals surface area contributed by atoms with Crippen molar-refractivity contribution in [2.24, 2.45) is 4.99 Å². The second-order valence-electron chi connectivity index (χ2n) is 19.8. The number of anilines is 2. The van der Waals surface area contributed by atoms with Gasteiger partial charge < -0.3 is 35.6 Å². The number of allylic oxidation sites excluding steroid dienone is 1. The number of H-pyrrole nitrogens is 2. The Morgan fingerprint density at radius 3 is 1.22 bits per heavy atom. The number of nitrogens with two attached hydrogens (primary N) is 2. The first-order valence-electron chi connectivity index (χ1n) is 29.1. The molecule has 504 valence electrons. The maximum absolute atomic E-state index is 11.2. The minimum Gasteiger partial charge on any atom is -0.744 e. The van der Waals surface area contributed by atoms with Gasteiger partial charge in [-0.15, -0.1) is 122 Å². The SMILES string of the molecule is C1=CN=C(c2nnc(-c3ncc[nH]3)nn2)C1.CCc1nnc(CC)nn1.Cc1nnc(C)nn1.Nc1cc(-c2nnc(-c3ccc(S(=O)(=O)[O-])c(N)c3)nn2)ccc1S(=O)(=O)[O-].O=c1cccc(-c2nnc(-c3cccc(O)c3)nn2)[nH]1.[Na+].[Na+].c1ccc(-c2nnc(-c3ccccc3)nn2)cc1. The third-order valence-electron chi connectivity index (χ3n) is 12.7. The first-order chi connectivity index (χ1) is 48.2. The maximum Gasteiger partial charge on any atom is 1.00 e. The van der Waals surface area contributed by atoms with Crippen molar-refractivity contribution in [3.8, 4) is 85.9 Å². The molecule has 14 rings (SSSR count). The molecule has 0 spiro atoms. The monoisotopic (exact) mass is 1430 g/mol. The Morgan fingerprint density at radius 2 is 0.843 bits per heavy atom. The van der Waals surface area contributed by atoms with Crippen LogP contribution in [0.1, 0.15) is 49.4 Å². The van der Waals surface area contributed by atoms with Crippen molar-refractivity contribution >= 4 is 37.3 Å². The molecule has 7 N–H and O–H groups in total. The topological polar surface area (TPSA) is 570 Å². The van der Waals surface area contributed by atoms with Gasteiger partial charge in [-0.05, 0) is 68.4 Å². The van der Waals surface area contributed by atoms with E-state index < -0.39 is 30.0 Å². The summed E-state index contributed by atoms with van der Waals surface area (Å²) in [5.41, 5.74) is 14.5. The van der Waals surface area contributed by atoms with Crippen LogP contribution in [0.4, 0.5) is 11.4 Å². The predicted molar refractivity (Wildman–Crippen MR) is 351 cm³/mol. The molecule has 102 heavy (non-hydrogen) atoms. The molecule has 8 aromatic heterocycles. The zero-order chi connectivity index (χ0) is 71.0. The summed E-state index contributed by atoms with van der Waals surface area (Å²) in [6, 6.07) is 37.5. The van der Waals surface area contributed by atoms with Crippen LogP contribution in [0, 0.1) is 13.8 Å². The number of pyridine rings is 1. The van der Waals surface area contributed by atoms with Crippen LogP contribution in [0.2, 0.25) is 0 Å². The number of aromatic amines is 2. The van der Waals surface area contributed by atoms with Crippen LogP contribution in [0.15, 0.2) is 184 Å². The number of aryl methyl sites for hydroxylation is 4. The molecule has 38 nitrogen and oxygen atoms in total. The molecule has 1 aliphatic heterocycles. The van der Waals surface area contributed by atoms with Crippen LogP contribution >= 0.6 is 0 Å². The van der Waals surface area contributed by atoms with Crippen molar-refractivity contribution in [3.05, 3.63) is 204 Å². The maximum atomic E-state index is 11.2. The predicted octanol–water partition coefficient (Wildman–Crippen LogP) is -2.19. The van der Waals surface area contributed by atoms with Gasteiger partial charge >= 0.3 is 59.1 Å². The number of hydrogen-bond donors (Lipinski definition) is 5. The van der Waals surface area contributed by atoms with Gasteiger partial charge in [0.05, 0.1) is 21.2 Å². The zero-order valence-corrected chi connectivity index (χ0v) is 60.2. The summed E-state index contributed by atoms with van der Waals surface area (Å²) in [5, 5.41) is 103. The van der Waals surface area contributed by atoms with Gasteiger partial charge in [-0.2, -0.15) is 0 Å². The summed E-state index contributed by atoms with van der Waals surface area (Å²) in [4.78, 5) is 23.7. The molecular formula is C60H52N30Na2O8S2. The third kappa shape index (κ3) is 22.8. The quantitative estimate of drug-likeness (QED) is 0.0493. The largest absolute Gasteiger partial charge is 1.00 e. The molecule has 13 aromatic rings. The first-order valence-corrected chi connectivity index (χ1v) is 31.9. The van der Waals surface area contributed by atoms with Crippen LogP contribution in [0.5, 0.6) is 5.75 Å². The number of benzene rings is 5. The van der Waals surface area contributed by atoms with Gasteiger partial charge in [0.15, 0.2) is 29.1 Å². The molecule has 1 aliphatic rings. The molecule has 5 aromatic carbocycles. The van der Waals surface area contributed by atoms with Crippen molar-refractivity contribution in [2.45, 2.75) is 56.7 Å². The van der Waals surface area contributed by atoms with E-state index in [4.69, 9.17) is 11.5 Å². The second-order valence-corrected chi connectivity index (χ2v) is 22.5. The fourth-order valence-corrected chi connectivity index (χ4v) is 8.99. The summed E-state index contributed by atoms with van der Waals surface area (Å²) >= 11 is 0. The number of aliphatic imine (C=N–C) groups is 1. The standard InChI is InChI=1S/C14H12N6O6S2.C14H10N4.C13H9N5O2.C9H7N7.C6H10N4.C4H6N4.2Na/c15-9-5-7(1-3-11(9)27(21,22)23)13-17-19-14(20-18-13)8-2-4-12(10(16)6-8)28(24,25)26;1-3-7-11(8-4-1)13-15-17-14(18-16-13)12-9-5-2-6-10-12;19-9-4-1-3-8(7-9)12-15-17-13(18-16-12)10-5-2-6-11(20)14-10;1-2-6(10-3-1)7-13-15-9(16-14-7)8-11-4-5-12-8;1-3-5-7-9-6(4-2)10-8-5;1-3-5-7-4(2)8-6-3;;/h1-6H,15-16H2,(H,21,22,23)(H,24,25,26);1-10H;1-7,19H,(H,14,20);1,3-5H,2H2,(H,11,12);3-4H2,1-2H3;1-2H3;;/q;;;;;;2*+1/p-2. The molecule has 0 saturated heterocycles. The van der Waals surface area contributed by atoms with E-state index in [0.29, 0.717) is 69.5 Å². The molecule has 0 aliphatic carbocycles. The van der Waals surface area contributed by atoms with Crippen LogP contribution in [0.25, 0.3) is 80.1 Å². The van der Waals surface area contributed by atoms with E-state index in [-0.39, 0.29) is 110 Å². The summed E-state index contributed by atoms with van der Waals surface area (Å²) in [6.45, 7) is 7.45. The number of aromatic nitrogens is 27. The summed E-state index contributed by atoms with van der Waals surface area (Å²) in [6.07, 6.45) is 9.28. The Hall–Kier alpha value is -11.5. The Kier molecular flexibility index (Phi) is 28.7. The number of nitrogens with zero attached hydrogens (tertiary/aromatic N) is 26. The first kappa shape index (κ1) is 77.9. The van der Waals surface area contributed by atoms with Crippen molar-refractivity contribution in [1.29, 1.82) is 0 Å². The number of imidazole rings is 1. The minimum absolute atomic E-state index is 0. The molecule has 0 bridgehead atoms. The molecule has 9 heterocycles. The van der Waals surface area contributed by atoms with Crippen molar-refractivity contribution in [1.82, 2.24) is 137 Å². The summed E-state index contributed by atoms with van der Waals surface area (Å²) < 4.78 is 66.3. The molecule has 0 amide bonds. The van der Waals surface area contributed by atoms with Crippen molar-refractivity contribution < 1.29 is 90.2 Å². The minimum atomic E-state index is -4.72. The summed E-state index contributed by atoms with van der Waals surface area (Å²) in [7, 11) is -9.43. The van der Waals surface area contributed by atoms with E-state index in [1.165, 1.54) is 36.4 Å². The molecule has 0 fully saturated rings. The van der Waals surface area contributed by atoms with Crippen LogP contribution in [0.3, 0.4) is 0 Å². The van der Waals surface area contributed by atoms with Crippen LogP contribution in [-0.2, 0) is 33.1 Å². The van der Waals surface area contributed by atoms with Crippen molar-refractivity contribution in [2.75, 3.05) is 11.5 Å². The molecule has 0 saturated carbocycles. The Bertz CT molecular complexity index is 4990. The van der Waals surface area contributed by atoms with E-state index in [9.17, 15) is 35.8 Å². The van der Waals surface area contributed by atoms with Gasteiger partial charge in [0.2, 0.25) is 52.2 Å². The Balaban J connectivity index is 0.000000178.